The highest BCUT2D eigenvalue weighted by Crippen LogP contribution is 2.16. The Balaban J connectivity index is 1.61. The Morgan fingerprint density at radius 1 is 1.29 bits per heavy atom. The van der Waals surface area contributed by atoms with Gasteiger partial charge in [0, 0.05) is 25.4 Å². The van der Waals surface area contributed by atoms with Crippen LogP contribution in [0.15, 0.2) is 36.0 Å². The Labute approximate surface area is 144 Å². The molecule has 2 unspecified atom stereocenters. The molecule has 1 saturated heterocycles. The van der Waals surface area contributed by atoms with Crippen molar-refractivity contribution in [2.45, 2.75) is 38.1 Å². The molecule has 2 atom stereocenters. The van der Waals surface area contributed by atoms with Crippen LogP contribution in [-0.2, 0) is 4.74 Å². The molecular formula is C19H28N2O3. The summed E-state index contributed by atoms with van der Waals surface area (Å²) >= 11 is 0. The number of nitrogens with zero attached hydrogens (tertiary/aromatic N) is 1. The Kier molecular flexibility index (Phi) is 8.23. The van der Waals surface area contributed by atoms with Crippen molar-refractivity contribution in [1.29, 1.82) is 0 Å². The Hall–Kier alpha value is -1.42. The highest BCUT2D eigenvalue weighted by molar-refractivity contribution is 5.27. The number of ether oxygens (including phenoxy) is 1. The maximum atomic E-state index is 9.94. The first-order chi connectivity index (χ1) is 11.6. The monoisotopic (exact) mass is 332 g/mol. The van der Waals surface area contributed by atoms with Crippen LogP contribution in [0, 0.1) is 17.8 Å². The van der Waals surface area contributed by atoms with Crippen LogP contribution in [0.5, 0.6) is 0 Å². The fourth-order valence-electron chi connectivity index (χ4n) is 2.72. The first-order valence-electron chi connectivity index (χ1n) is 8.59. The van der Waals surface area contributed by atoms with E-state index in [-0.39, 0.29) is 0 Å². The van der Waals surface area contributed by atoms with E-state index in [0.29, 0.717) is 25.6 Å². The molecule has 24 heavy (non-hydrogen) atoms. The summed E-state index contributed by atoms with van der Waals surface area (Å²) in [5.74, 6) is 6.60. The summed E-state index contributed by atoms with van der Waals surface area (Å²) in [5, 5.41) is 19.3. The van der Waals surface area contributed by atoms with Gasteiger partial charge < -0.3 is 14.9 Å². The van der Waals surface area contributed by atoms with Crippen LogP contribution < -0.4 is 5.73 Å². The molecule has 4 N–H and O–H groups in total. The fourth-order valence-corrected chi connectivity index (χ4v) is 2.72. The van der Waals surface area contributed by atoms with Gasteiger partial charge in [-0.3, -0.25) is 10.6 Å². The topological polar surface area (TPSA) is 79.0 Å². The van der Waals surface area contributed by atoms with E-state index in [1.165, 1.54) is 0 Å². The van der Waals surface area contributed by atoms with Crippen LogP contribution in [0.3, 0.4) is 0 Å². The van der Waals surface area contributed by atoms with Crippen molar-refractivity contribution < 1.29 is 14.9 Å². The summed E-state index contributed by atoms with van der Waals surface area (Å²) in [6.07, 6.45) is 12.0. The van der Waals surface area contributed by atoms with E-state index in [1.54, 1.807) is 0 Å². The molecule has 2 aliphatic rings. The SMILES string of the molecule is NC(O)N1CCC(C#CCC(O)COCC2=CC=CCC=C2)CC1. The fraction of sp³-hybridized carbons (Fsp3) is 0.579. The van der Waals surface area contributed by atoms with Gasteiger partial charge in [-0.15, -0.1) is 5.92 Å². The molecular weight excluding hydrogens is 304 g/mol. The summed E-state index contributed by atoms with van der Waals surface area (Å²) in [6, 6.07) is 0. The van der Waals surface area contributed by atoms with Crippen molar-refractivity contribution in [3.63, 3.8) is 0 Å². The highest BCUT2D eigenvalue weighted by atomic mass is 16.5. The quantitative estimate of drug-likeness (QED) is 0.502. The van der Waals surface area contributed by atoms with Gasteiger partial charge in [0.15, 0.2) is 6.35 Å². The molecule has 0 bridgehead atoms. The van der Waals surface area contributed by atoms with Crippen molar-refractivity contribution >= 4 is 0 Å². The predicted molar refractivity (Wildman–Crippen MR) is 94.7 cm³/mol. The van der Waals surface area contributed by atoms with Gasteiger partial charge in [0.25, 0.3) is 0 Å². The van der Waals surface area contributed by atoms with Gasteiger partial charge in [-0.05, 0) is 24.8 Å². The zero-order valence-electron chi connectivity index (χ0n) is 14.1. The van der Waals surface area contributed by atoms with E-state index in [9.17, 15) is 10.2 Å². The molecule has 0 aromatic rings. The number of hydrogen-bond acceptors (Lipinski definition) is 5. The summed E-state index contributed by atoms with van der Waals surface area (Å²) in [5.41, 5.74) is 6.56. The second-order valence-corrected chi connectivity index (χ2v) is 6.23. The summed E-state index contributed by atoms with van der Waals surface area (Å²) in [7, 11) is 0. The number of hydrogen-bond donors (Lipinski definition) is 3. The lowest BCUT2D eigenvalue weighted by molar-refractivity contribution is -0.00757. The van der Waals surface area contributed by atoms with Crippen molar-refractivity contribution in [2.75, 3.05) is 26.3 Å². The van der Waals surface area contributed by atoms with Crippen LogP contribution in [0.1, 0.15) is 25.7 Å². The number of rotatable bonds is 6. The van der Waals surface area contributed by atoms with E-state index in [0.717, 1.165) is 37.9 Å². The minimum absolute atomic E-state index is 0.293. The normalized spacial score (nSPS) is 21.5. The average Bonchev–Trinajstić information content (AvgIpc) is 2.84. The second-order valence-electron chi connectivity index (χ2n) is 6.23. The number of nitrogens with two attached hydrogens (primary N) is 1. The third kappa shape index (κ3) is 7.00. The minimum Gasteiger partial charge on any atom is -0.390 e. The van der Waals surface area contributed by atoms with Gasteiger partial charge >= 0.3 is 0 Å². The number of piperidine rings is 1. The van der Waals surface area contributed by atoms with E-state index in [2.05, 4.69) is 30.1 Å². The van der Waals surface area contributed by atoms with Crippen LogP contribution in [0.2, 0.25) is 0 Å². The summed E-state index contributed by atoms with van der Waals surface area (Å²) in [4.78, 5) is 1.84. The second kappa shape index (κ2) is 10.4. The molecule has 1 aliphatic carbocycles. The minimum atomic E-state index is -0.869. The third-order valence-electron chi connectivity index (χ3n) is 4.18. The predicted octanol–water partition coefficient (Wildman–Crippen LogP) is 1.15. The van der Waals surface area contributed by atoms with Crippen molar-refractivity contribution in [2.24, 2.45) is 11.7 Å². The van der Waals surface area contributed by atoms with E-state index < -0.39 is 12.5 Å². The maximum Gasteiger partial charge on any atom is 0.160 e. The van der Waals surface area contributed by atoms with Gasteiger partial charge in [0.2, 0.25) is 0 Å². The zero-order valence-corrected chi connectivity index (χ0v) is 14.1. The molecule has 5 heteroatoms. The van der Waals surface area contributed by atoms with E-state index in [1.807, 2.05) is 17.1 Å². The van der Waals surface area contributed by atoms with Gasteiger partial charge in [0.1, 0.15) is 0 Å². The molecule has 1 fully saturated rings. The molecule has 5 nitrogen and oxygen atoms in total. The molecule has 0 spiro atoms. The number of allylic oxidation sites excluding steroid dienone is 4. The van der Waals surface area contributed by atoms with Crippen LogP contribution >= 0.6 is 0 Å². The van der Waals surface area contributed by atoms with Crippen LogP contribution in [0.25, 0.3) is 0 Å². The number of aliphatic hydroxyl groups is 2. The highest BCUT2D eigenvalue weighted by Gasteiger charge is 2.20. The smallest absolute Gasteiger partial charge is 0.160 e. The lowest BCUT2D eigenvalue weighted by atomic mass is 9.97. The van der Waals surface area contributed by atoms with Gasteiger partial charge in [-0.25, -0.2) is 0 Å². The first-order valence-corrected chi connectivity index (χ1v) is 8.59. The number of likely N-dealkylation sites (tertiary alicyclic amines) is 1. The Morgan fingerprint density at radius 3 is 2.83 bits per heavy atom. The van der Waals surface area contributed by atoms with Gasteiger partial charge in [-0.2, -0.15) is 0 Å². The molecule has 0 amide bonds. The standard InChI is InChI=1S/C19H28N2O3/c20-19(23)21-12-10-16(11-13-21)8-5-9-18(22)15-24-14-17-6-3-1-2-4-7-17/h1,3-4,6-7,16,18-19,22-23H,2,9-15,20H2. The largest absolute Gasteiger partial charge is 0.390 e. The Bertz CT molecular complexity index is 520. The summed E-state index contributed by atoms with van der Waals surface area (Å²) < 4.78 is 5.55. The molecule has 0 aromatic carbocycles. The maximum absolute atomic E-state index is 9.94. The summed E-state index contributed by atoms with van der Waals surface area (Å²) in [6.45, 7) is 2.33. The molecule has 132 valence electrons. The molecule has 0 radical (unpaired) electrons. The zero-order chi connectivity index (χ0) is 17.2. The lowest BCUT2D eigenvalue weighted by Gasteiger charge is -2.31. The third-order valence-corrected chi connectivity index (χ3v) is 4.18. The molecule has 0 aromatic heterocycles. The van der Waals surface area contributed by atoms with Crippen molar-refractivity contribution in [1.82, 2.24) is 4.90 Å². The van der Waals surface area contributed by atoms with E-state index >= 15 is 0 Å². The Morgan fingerprint density at radius 2 is 2.08 bits per heavy atom. The van der Waals surface area contributed by atoms with Crippen LogP contribution in [-0.4, -0.2) is 53.9 Å². The van der Waals surface area contributed by atoms with E-state index in [4.69, 9.17) is 10.5 Å². The molecule has 1 heterocycles. The average molecular weight is 332 g/mol. The van der Waals surface area contributed by atoms with Gasteiger partial charge in [-0.1, -0.05) is 36.3 Å². The molecule has 0 saturated carbocycles. The lowest BCUT2D eigenvalue weighted by Crippen LogP contribution is -2.46. The molecule has 1 aliphatic heterocycles. The van der Waals surface area contributed by atoms with Crippen LogP contribution in [0.4, 0.5) is 0 Å². The van der Waals surface area contributed by atoms with Crippen molar-refractivity contribution in [3.05, 3.63) is 36.0 Å². The number of aliphatic hydroxyl groups excluding tert-OH is 2. The van der Waals surface area contributed by atoms with Gasteiger partial charge in [0.05, 0.1) is 19.3 Å². The first kappa shape index (κ1) is 18.9. The van der Waals surface area contributed by atoms with Crippen molar-refractivity contribution in [3.8, 4) is 11.8 Å². The molecule has 2 rings (SSSR count).